The number of carbonyl (C=O) groups excluding carboxylic acids is 1. The van der Waals surface area contributed by atoms with Crippen LogP contribution in [0.4, 0.5) is 0 Å². The Bertz CT molecular complexity index is 2130. The van der Waals surface area contributed by atoms with Gasteiger partial charge in [-0.15, -0.1) is 0 Å². The van der Waals surface area contributed by atoms with Crippen LogP contribution in [0.1, 0.15) is 316 Å². The van der Waals surface area contributed by atoms with E-state index in [-0.39, 0.29) is 18.9 Å². The molecular weight excluding hydrogens is 1240 g/mol. The Morgan fingerprint density at radius 1 is 0.374 bits per heavy atom. The van der Waals surface area contributed by atoms with Crippen molar-refractivity contribution in [3.05, 3.63) is 122 Å². The SMILES string of the molecule is CC/C=C\C/C=C\C/C=C\C/C=C\C/C=C\C/C=C\C/C=C\C/C=C\CCCCCCCCCCCCC(=O)NC(COC1OC(CO)C(OC2OC(CO)C(O)C(O)C2O)C(O)C1O)C(O)/C=C/CC/C=C/CCCCCCCCCCCCCCCCCCCCCCCCCC. The van der Waals surface area contributed by atoms with E-state index in [2.05, 4.69) is 129 Å². The standard InChI is InChI=1S/C85H147NO13/c1-3-5-7-9-11-13-15-17-19-21-23-25-27-29-31-33-35-36-37-38-39-41-43-45-47-49-51-53-55-57-59-61-63-65-67-69-77(90)86-73(72-96-84-82(95)80(93)83(76(71-88)98-84)99-85-81(94)79(92)78(91)75(70-87)97-85)74(89)68-66-64-62-60-58-56-54-52-50-48-46-44-42-40-34-32-30-28-26-24-22-20-18-16-14-12-10-8-6-4-2/h5,7,11,13,17,19,23,25,29,31,35-36,38-39,43,45,58,60,66,68,73-76,78-85,87-89,91-95H,3-4,6,8-10,12,14-16,18,20-22,24,26-28,30,32-34,37,40-42,44,46-57,59,61-65,67,69-72H2,1-2H3,(H,86,90)/b7-5-,13-11-,19-17-,25-23-,31-29-,36-35-,39-38-,45-43-,60-58+,68-66+. The molecule has 0 aliphatic carbocycles. The van der Waals surface area contributed by atoms with Gasteiger partial charge in [0.25, 0.3) is 0 Å². The summed E-state index contributed by atoms with van der Waals surface area (Å²) in [7, 11) is 0. The lowest BCUT2D eigenvalue weighted by molar-refractivity contribution is -0.359. The van der Waals surface area contributed by atoms with E-state index < -0.39 is 86.8 Å². The fraction of sp³-hybridized carbons (Fsp3) is 0.753. The van der Waals surface area contributed by atoms with Crippen LogP contribution in [-0.4, -0.2) is 140 Å². The predicted molar refractivity (Wildman–Crippen MR) is 410 cm³/mol. The fourth-order valence-corrected chi connectivity index (χ4v) is 12.6. The summed E-state index contributed by atoms with van der Waals surface area (Å²) in [6.07, 6.45) is 82.7. The van der Waals surface area contributed by atoms with Crippen molar-refractivity contribution in [3.8, 4) is 0 Å². The van der Waals surface area contributed by atoms with Gasteiger partial charge in [-0.25, -0.2) is 0 Å². The minimum Gasteiger partial charge on any atom is -0.394 e. The molecular formula is C85H147NO13. The molecule has 12 unspecified atom stereocenters. The molecule has 0 spiro atoms. The number of rotatable bonds is 66. The highest BCUT2D eigenvalue weighted by Gasteiger charge is 2.51. The first-order valence-corrected chi connectivity index (χ1v) is 40.3. The third-order valence-electron chi connectivity index (χ3n) is 18.9. The molecule has 12 atom stereocenters. The van der Waals surface area contributed by atoms with Gasteiger partial charge < -0.3 is 65.1 Å². The number of hydrogen-bond acceptors (Lipinski definition) is 13. The Kier molecular flexibility index (Phi) is 62.4. The van der Waals surface area contributed by atoms with Gasteiger partial charge in [0.1, 0.15) is 48.8 Å². The molecule has 99 heavy (non-hydrogen) atoms. The summed E-state index contributed by atoms with van der Waals surface area (Å²) in [5.41, 5.74) is 0. The van der Waals surface area contributed by atoms with Crippen molar-refractivity contribution in [1.29, 1.82) is 0 Å². The summed E-state index contributed by atoms with van der Waals surface area (Å²) in [5, 5.41) is 87.7. The lowest BCUT2D eigenvalue weighted by Gasteiger charge is -2.46. The second kappa shape index (κ2) is 67.6. The number of unbranched alkanes of at least 4 members (excludes halogenated alkanes) is 35. The van der Waals surface area contributed by atoms with E-state index in [1.165, 1.54) is 193 Å². The summed E-state index contributed by atoms with van der Waals surface area (Å²) in [6, 6.07) is -0.945. The van der Waals surface area contributed by atoms with Gasteiger partial charge in [0.15, 0.2) is 12.6 Å². The normalized spacial score (nSPS) is 22.6. The van der Waals surface area contributed by atoms with Crippen molar-refractivity contribution in [3.63, 3.8) is 0 Å². The average Bonchev–Trinajstić information content (AvgIpc) is 0.799. The molecule has 2 fully saturated rings. The zero-order valence-corrected chi connectivity index (χ0v) is 62.4. The molecule has 14 nitrogen and oxygen atoms in total. The summed E-state index contributed by atoms with van der Waals surface area (Å²) >= 11 is 0. The van der Waals surface area contributed by atoms with Gasteiger partial charge in [0, 0.05) is 6.42 Å². The van der Waals surface area contributed by atoms with Crippen molar-refractivity contribution in [2.45, 2.75) is 389 Å². The number of nitrogens with one attached hydrogen (secondary N) is 1. The molecule has 2 saturated heterocycles. The van der Waals surface area contributed by atoms with Crippen molar-refractivity contribution >= 4 is 5.91 Å². The zero-order chi connectivity index (χ0) is 71.5. The highest BCUT2D eigenvalue weighted by molar-refractivity contribution is 5.76. The molecule has 2 rings (SSSR count). The maximum absolute atomic E-state index is 13.4. The second-order valence-electron chi connectivity index (χ2n) is 27.8. The molecule has 0 aromatic rings. The smallest absolute Gasteiger partial charge is 0.220 e. The van der Waals surface area contributed by atoms with Gasteiger partial charge in [0.05, 0.1) is 32.0 Å². The average molecular weight is 1390 g/mol. The molecule has 0 radical (unpaired) electrons. The van der Waals surface area contributed by atoms with Crippen molar-refractivity contribution in [2.24, 2.45) is 0 Å². The third kappa shape index (κ3) is 50.4. The predicted octanol–water partition coefficient (Wildman–Crippen LogP) is 18.4. The van der Waals surface area contributed by atoms with Gasteiger partial charge in [-0.2, -0.15) is 0 Å². The summed E-state index contributed by atoms with van der Waals surface area (Å²) < 4.78 is 22.9. The first kappa shape index (κ1) is 91.5. The van der Waals surface area contributed by atoms with Crippen LogP contribution in [0.5, 0.6) is 0 Å². The molecule has 2 aliphatic heterocycles. The Labute approximate surface area is 603 Å². The lowest BCUT2D eigenvalue weighted by atomic mass is 9.97. The van der Waals surface area contributed by atoms with E-state index in [1.807, 2.05) is 6.08 Å². The second-order valence-corrected chi connectivity index (χ2v) is 27.8. The number of allylic oxidation sites excluding steroid dienone is 19. The minimum atomic E-state index is -1.80. The quantitative estimate of drug-likeness (QED) is 0.0204. The Hall–Kier alpha value is -3.61. The number of aliphatic hydroxyl groups is 8. The van der Waals surface area contributed by atoms with Crippen LogP contribution in [0.2, 0.25) is 0 Å². The minimum absolute atomic E-state index is 0.255. The topological polar surface area (TPSA) is 228 Å². The number of amides is 1. The number of carbonyl (C=O) groups is 1. The third-order valence-corrected chi connectivity index (χ3v) is 18.9. The van der Waals surface area contributed by atoms with E-state index in [1.54, 1.807) is 6.08 Å². The molecule has 570 valence electrons. The summed E-state index contributed by atoms with van der Waals surface area (Å²) in [5.74, 6) is -0.255. The van der Waals surface area contributed by atoms with Crippen LogP contribution in [-0.2, 0) is 23.7 Å². The van der Waals surface area contributed by atoms with Gasteiger partial charge in [-0.1, -0.05) is 334 Å². The van der Waals surface area contributed by atoms with Crippen molar-refractivity contribution in [1.82, 2.24) is 5.32 Å². The number of aliphatic hydroxyl groups excluding tert-OH is 8. The Balaban J connectivity index is 1.65. The highest BCUT2D eigenvalue weighted by atomic mass is 16.7. The van der Waals surface area contributed by atoms with Gasteiger partial charge >= 0.3 is 0 Å². The van der Waals surface area contributed by atoms with E-state index in [4.69, 9.17) is 18.9 Å². The maximum Gasteiger partial charge on any atom is 0.220 e. The largest absolute Gasteiger partial charge is 0.394 e. The van der Waals surface area contributed by atoms with E-state index in [9.17, 15) is 45.6 Å². The highest BCUT2D eigenvalue weighted by Crippen LogP contribution is 2.30. The van der Waals surface area contributed by atoms with Crippen molar-refractivity contribution < 1.29 is 64.6 Å². The molecule has 14 heteroatoms. The fourth-order valence-electron chi connectivity index (χ4n) is 12.6. The van der Waals surface area contributed by atoms with Gasteiger partial charge in [-0.05, 0) is 96.3 Å². The zero-order valence-electron chi connectivity index (χ0n) is 62.4. The molecule has 2 heterocycles. The lowest BCUT2D eigenvalue weighted by Crippen LogP contribution is -2.65. The monoisotopic (exact) mass is 1390 g/mol. The molecule has 0 saturated carbocycles. The molecule has 0 bridgehead atoms. The van der Waals surface area contributed by atoms with Crippen LogP contribution in [0, 0.1) is 0 Å². The van der Waals surface area contributed by atoms with Gasteiger partial charge in [-0.3, -0.25) is 4.79 Å². The summed E-state index contributed by atoms with van der Waals surface area (Å²) in [4.78, 5) is 13.4. The van der Waals surface area contributed by atoms with Crippen LogP contribution < -0.4 is 5.32 Å². The van der Waals surface area contributed by atoms with Gasteiger partial charge in [0.2, 0.25) is 5.91 Å². The number of hydrogen-bond donors (Lipinski definition) is 9. The molecule has 1 amide bonds. The first-order chi connectivity index (χ1) is 48.6. The Morgan fingerprint density at radius 2 is 0.707 bits per heavy atom. The van der Waals surface area contributed by atoms with Crippen LogP contribution in [0.25, 0.3) is 0 Å². The Morgan fingerprint density at radius 3 is 1.11 bits per heavy atom. The van der Waals surface area contributed by atoms with Crippen LogP contribution in [0.15, 0.2) is 122 Å². The molecule has 0 aromatic heterocycles. The van der Waals surface area contributed by atoms with E-state index in [0.717, 1.165) is 89.9 Å². The molecule has 0 aromatic carbocycles. The van der Waals surface area contributed by atoms with Crippen LogP contribution >= 0.6 is 0 Å². The van der Waals surface area contributed by atoms with Crippen LogP contribution in [0.3, 0.4) is 0 Å². The van der Waals surface area contributed by atoms with Crippen molar-refractivity contribution in [2.75, 3.05) is 19.8 Å². The summed E-state index contributed by atoms with van der Waals surface area (Å²) in [6.45, 7) is 2.70. The maximum atomic E-state index is 13.4. The first-order valence-electron chi connectivity index (χ1n) is 40.3. The molecule has 9 N–H and O–H groups in total. The molecule has 2 aliphatic rings. The van der Waals surface area contributed by atoms with E-state index in [0.29, 0.717) is 12.8 Å². The van der Waals surface area contributed by atoms with E-state index >= 15 is 0 Å². The number of ether oxygens (including phenoxy) is 4.